The van der Waals surface area contributed by atoms with E-state index in [1.54, 1.807) is 36.4 Å². The van der Waals surface area contributed by atoms with Crippen LogP contribution in [0.1, 0.15) is 40.7 Å². The molecule has 0 saturated heterocycles. The Kier molecular flexibility index (Phi) is 6.39. The van der Waals surface area contributed by atoms with Gasteiger partial charge in [0.05, 0.1) is 11.5 Å². The molecule has 7 heteroatoms. The molecule has 31 heavy (non-hydrogen) atoms. The number of hydrogen-bond donors (Lipinski definition) is 0. The van der Waals surface area contributed by atoms with E-state index in [0.29, 0.717) is 35.6 Å². The van der Waals surface area contributed by atoms with Crippen molar-refractivity contribution < 1.29 is 23.8 Å². The molecule has 162 valence electrons. The molecule has 2 aliphatic rings. The minimum atomic E-state index is -0.369. The molecular weight excluding hydrogens is 484 g/mol. The average Bonchev–Trinajstić information content (AvgIpc) is 2.74. The molecule has 2 aromatic carbocycles. The molecule has 0 spiro atoms. The Morgan fingerprint density at radius 3 is 2.48 bits per heavy atom. The van der Waals surface area contributed by atoms with Gasteiger partial charge in [0.2, 0.25) is 11.5 Å². The standard InChI is InChI=1S/C24H22BrClO5/c1-13-9-18(10-14(2)22(13)26)30-21-12-29-20-11-17(7-8-19(20)23(21)27)31-24(28)15-3-5-16(25)6-4-15/h3-6,9-10,12,17,19-20H,7-8,11H2,1-2H3. The SMILES string of the molecule is Cc1cc(OC2=COC3CC(OC(=O)c4ccc(Br)cc4)CCC3C2=O)cc(C)c1Cl. The summed E-state index contributed by atoms with van der Waals surface area (Å²) in [5.41, 5.74) is 2.26. The molecule has 1 fully saturated rings. The maximum atomic E-state index is 13.0. The number of allylic oxidation sites excluding steroid dienone is 1. The van der Waals surface area contributed by atoms with Gasteiger partial charge in [-0.2, -0.15) is 0 Å². The van der Waals surface area contributed by atoms with Gasteiger partial charge in [-0.1, -0.05) is 27.5 Å². The third-order valence-electron chi connectivity index (χ3n) is 5.66. The highest BCUT2D eigenvalue weighted by Gasteiger charge is 2.42. The van der Waals surface area contributed by atoms with E-state index < -0.39 is 0 Å². The van der Waals surface area contributed by atoms with Crippen LogP contribution < -0.4 is 4.74 Å². The van der Waals surface area contributed by atoms with Crippen LogP contribution in [0.2, 0.25) is 5.02 Å². The van der Waals surface area contributed by atoms with Crippen molar-refractivity contribution in [1.29, 1.82) is 0 Å². The zero-order valence-corrected chi connectivity index (χ0v) is 19.5. The van der Waals surface area contributed by atoms with Crippen LogP contribution in [0.4, 0.5) is 0 Å². The zero-order valence-electron chi connectivity index (χ0n) is 17.2. The van der Waals surface area contributed by atoms with Crippen LogP contribution >= 0.6 is 27.5 Å². The van der Waals surface area contributed by atoms with Crippen molar-refractivity contribution in [3.05, 3.63) is 74.6 Å². The molecule has 1 aliphatic carbocycles. The van der Waals surface area contributed by atoms with Gasteiger partial charge < -0.3 is 14.2 Å². The summed E-state index contributed by atoms with van der Waals surface area (Å²) < 4.78 is 18.2. The second kappa shape index (κ2) is 9.05. The molecule has 3 atom stereocenters. The number of aryl methyl sites for hydroxylation is 2. The third kappa shape index (κ3) is 4.80. The van der Waals surface area contributed by atoms with Crippen molar-refractivity contribution in [3.63, 3.8) is 0 Å². The predicted molar refractivity (Wildman–Crippen MR) is 120 cm³/mol. The van der Waals surface area contributed by atoms with E-state index in [1.807, 2.05) is 13.8 Å². The Balaban J connectivity index is 1.40. The first kappa shape index (κ1) is 21.9. The second-order valence-corrected chi connectivity index (χ2v) is 9.24. The molecule has 1 aliphatic heterocycles. The lowest BCUT2D eigenvalue weighted by atomic mass is 9.80. The quantitative estimate of drug-likeness (QED) is 0.482. The summed E-state index contributed by atoms with van der Waals surface area (Å²) in [5, 5.41) is 0.684. The molecule has 2 aromatic rings. The Morgan fingerprint density at radius 1 is 1.13 bits per heavy atom. The zero-order chi connectivity index (χ0) is 22.1. The largest absolute Gasteiger partial charge is 0.493 e. The number of hydrogen-bond acceptors (Lipinski definition) is 5. The van der Waals surface area contributed by atoms with E-state index in [9.17, 15) is 9.59 Å². The highest BCUT2D eigenvalue weighted by Crippen LogP contribution is 2.36. The minimum Gasteiger partial charge on any atom is -0.493 e. The lowest BCUT2D eigenvalue weighted by Crippen LogP contribution is -2.43. The molecule has 0 amide bonds. The third-order valence-corrected chi connectivity index (χ3v) is 6.79. The first-order chi connectivity index (χ1) is 14.8. The number of rotatable bonds is 4. The number of fused-ring (bicyclic) bond motifs is 1. The van der Waals surface area contributed by atoms with Gasteiger partial charge in [-0.05, 0) is 74.2 Å². The van der Waals surface area contributed by atoms with Crippen LogP contribution in [0, 0.1) is 19.8 Å². The molecular formula is C24H22BrClO5. The highest BCUT2D eigenvalue weighted by atomic mass is 79.9. The minimum absolute atomic E-state index is 0.0841. The Bertz CT molecular complexity index is 1020. The van der Waals surface area contributed by atoms with Crippen LogP contribution in [0.25, 0.3) is 0 Å². The fourth-order valence-electron chi connectivity index (χ4n) is 4.01. The van der Waals surface area contributed by atoms with Gasteiger partial charge in [0.15, 0.2) is 0 Å². The van der Waals surface area contributed by atoms with Gasteiger partial charge in [0, 0.05) is 15.9 Å². The first-order valence-corrected chi connectivity index (χ1v) is 11.3. The maximum absolute atomic E-state index is 13.0. The number of benzene rings is 2. The normalized spacial score (nSPS) is 22.8. The number of ketones is 1. The smallest absolute Gasteiger partial charge is 0.338 e. The number of Topliss-reactive ketones (excluding diaryl/α,β-unsaturated/α-hetero) is 1. The Labute approximate surface area is 194 Å². The van der Waals surface area contributed by atoms with Gasteiger partial charge in [0.1, 0.15) is 24.2 Å². The maximum Gasteiger partial charge on any atom is 0.338 e. The van der Waals surface area contributed by atoms with E-state index >= 15 is 0 Å². The molecule has 0 radical (unpaired) electrons. The number of carbonyl (C=O) groups excluding carboxylic acids is 2. The summed E-state index contributed by atoms with van der Waals surface area (Å²) in [4.78, 5) is 25.4. The summed E-state index contributed by atoms with van der Waals surface area (Å²) >= 11 is 9.56. The fourth-order valence-corrected chi connectivity index (χ4v) is 4.39. The van der Waals surface area contributed by atoms with Crippen molar-refractivity contribution in [2.45, 2.75) is 45.3 Å². The summed E-state index contributed by atoms with van der Waals surface area (Å²) in [6.45, 7) is 3.78. The van der Waals surface area contributed by atoms with Crippen LogP contribution in [0.5, 0.6) is 5.75 Å². The number of carbonyl (C=O) groups is 2. The van der Waals surface area contributed by atoms with Crippen molar-refractivity contribution in [1.82, 2.24) is 0 Å². The molecule has 1 heterocycles. The monoisotopic (exact) mass is 504 g/mol. The molecule has 0 bridgehead atoms. The lowest BCUT2D eigenvalue weighted by Gasteiger charge is -2.36. The molecule has 3 unspecified atom stereocenters. The molecule has 4 rings (SSSR count). The predicted octanol–water partition coefficient (Wildman–Crippen LogP) is 5.93. The summed E-state index contributed by atoms with van der Waals surface area (Å²) in [6.07, 6.45) is 2.41. The van der Waals surface area contributed by atoms with E-state index in [2.05, 4.69) is 15.9 Å². The first-order valence-electron chi connectivity index (χ1n) is 10.1. The fraction of sp³-hybridized carbons (Fsp3) is 0.333. The molecule has 1 saturated carbocycles. The number of halogens is 2. The van der Waals surface area contributed by atoms with Gasteiger partial charge in [-0.3, -0.25) is 4.79 Å². The van der Waals surface area contributed by atoms with Crippen molar-refractivity contribution >= 4 is 39.3 Å². The van der Waals surface area contributed by atoms with E-state index in [-0.39, 0.29) is 35.6 Å². The topological polar surface area (TPSA) is 61.8 Å². The summed E-state index contributed by atoms with van der Waals surface area (Å²) in [5.74, 6) is -0.0201. The highest BCUT2D eigenvalue weighted by molar-refractivity contribution is 9.10. The lowest BCUT2D eigenvalue weighted by molar-refractivity contribution is -0.132. The number of ether oxygens (including phenoxy) is 3. The van der Waals surface area contributed by atoms with Crippen LogP contribution in [-0.4, -0.2) is 24.0 Å². The Morgan fingerprint density at radius 2 is 1.81 bits per heavy atom. The Hall–Kier alpha value is -2.31. The van der Waals surface area contributed by atoms with Crippen LogP contribution in [0.15, 0.2) is 52.9 Å². The van der Waals surface area contributed by atoms with E-state index in [1.165, 1.54) is 6.26 Å². The molecule has 0 aromatic heterocycles. The van der Waals surface area contributed by atoms with E-state index in [4.69, 9.17) is 25.8 Å². The van der Waals surface area contributed by atoms with Crippen molar-refractivity contribution in [3.8, 4) is 5.75 Å². The summed E-state index contributed by atoms with van der Waals surface area (Å²) in [7, 11) is 0. The second-order valence-electron chi connectivity index (χ2n) is 7.95. The van der Waals surface area contributed by atoms with Crippen molar-refractivity contribution in [2.24, 2.45) is 5.92 Å². The summed E-state index contributed by atoms with van der Waals surface area (Å²) in [6, 6.07) is 10.6. The molecule has 0 N–H and O–H groups in total. The van der Waals surface area contributed by atoms with Crippen molar-refractivity contribution in [2.75, 3.05) is 0 Å². The van der Waals surface area contributed by atoms with Gasteiger partial charge in [-0.15, -0.1) is 0 Å². The van der Waals surface area contributed by atoms with Gasteiger partial charge in [0.25, 0.3) is 0 Å². The average molecular weight is 506 g/mol. The van der Waals surface area contributed by atoms with Gasteiger partial charge >= 0.3 is 5.97 Å². The van der Waals surface area contributed by atoms with Crippen LogP contribution in [-0.2, 0) is 14.3 Å². The molecule has 5 nitrogen and oxygen atoms in total. The number of esters is 1. The van der Waals surface area contributed by atoms with Gasteiger partial charge in [-0.25, -0.2) is 4.79 Å². The van der Waals surface area contributed by atoms with Crippen LogP contribution in [0.3, 0.4) is 0 Å². The van der Waals surface area contributed by atoms with E-state index in [0.717, 1.165) is 15.6 Å².